The van der Waals surface area contributed by atoms with Crippen LogP contribution in [-0.2, 0) is 4.79 Å². The van der Waals surface area contributed by atoms with Crippen LogP contribution in [0.1, 0.15) is 45.7 Å². The van der Waals surface area contributed by atoms with E-state index in [1.165, 1.54) is 18.2 Å². The van der Waals surface area contributed by atoms with Crippen LogP contribution in [0.5, 0.6) is 0 Å². The molecule has 2 N–H and O–H groups in total. The number of aliphatic carboxylic acids is 1. The molecule has 0 saturated carbocycles. The minimum Gasteiger partial charge on any atom is -0.479 e. The molecule has 0 bridgehead atoms. The number of hydrogen-bond donors (Lipinski definition) is 2. The number of carboxylic acids is 1. The number of aldehydes is 1. The molecule has 17 heavy (non-hydrogen) atoms. The Morgan fingerprint density at radius 1 is 1.41 bits per heavy atom. The van der Waals surface area contributed by atoms with Crippen LogP contribution in [0.4, 0.5) is 0 Å². The summed E-state index contributed by atoms with van der Waals surface area (Å²) in [5, 5.41) is 18.3. The first kappa shape index (κ1) is 13.1. The molecule has 1 aromatic carbocycles. The highest BCUT2D eigenvalue weighted by molar-refractivity contribution is 6.01. The van der Waals surface area contributed by atoms with Crippen molar-refractivity contribution in [1.29, 1.82) is 0 Å². The Hall–Kier alpha value is -2.01. The summed E-state index contributed by atoms with van der Waals surface area (Å²) in [5.74, 6) is -1.81. The molecule has 0 spiro atoms. The summed E-state index contributed by atoms with van der Waals surface area (Å²) in [6.07, 6.45) is -1.28. The molecule has 0 aliphatic heterocycles. The van der Waals surface area contributed by atoms with Gasteiger partial charge in [0, 0.05) is 23.1 Å². The fourth-order valence-electron chi connectivity index (χ4n) is 1.55. The van der Waals surface area contributed by atoms with Crippen molar-refractivity contribution < 1.29 is 24.6 Å². The summed E-state index contributed by atoms with van der Waals surface area (Å²) in [7, 11) is 0. The Bertz CT molecular complexity index is 464. The number of benzene rings is 1. The Morgan fingerprint density at radius 3 is 2.53 bits per heavy atom. The van der Waals surface area contributed by atoms with Gasteiger partial charge in [0.15, 0.2) is 11.9 Å². The van der Waals surface area contributed by atoms with E-state index in [2.05, 4.69) is 0 Å². The normalized spacial score (nSPS) is 11.9. The molecule has 90 valence electrons. The third kappa shape index (κ3) is 2.57. The van der Waals surface area contributed by atoms with E-state index in [9.17, 15) is 19.5 Å². The van der Waals surface area contributed by atoms with Crippen LogP contribution < -0.4 is 0 Å². The van der Waals surface area contributed by atoms with Crippen LogP contribution >= 0.6 is 0 Å². The maximum atomic E-state index is 11.6. The standard InChI is InChI=1S/C12H12O5/c1-2-9(14)8-5-3-4-7(6-13)10(8)11(15)12(16)17/h3-6,11,15H,2H2,1H3,(H,16,17). The van der Waals surface area contributed by atoms with E-state index >= 15 is 0 Å². The average molecular weight is 236 g/mol. The van der Waals surface area contributed by atoms with Gasteiger partial charge in [-0.3, -0.25) is 9.59 Å². The quantitative estimate of drug-likeness (QED) is 0.592. The molecule has 5 nitrogen and oxygen atoms in total. The number of carbonyl (C=O) groups excluding carboxylic acids is 2. The fourth-order valence-corrected chi connectivity index (χ4v) is 1.55. The van der Waals surface area contributed by atoms with E-state index in [0.717, 1.165) is 0 Å². The Morgan fingerprint density at radius 2 is 2.06 bits per heavy atom. The second-order valence-electron chi connectivity index (χ2n) is 3.44. The monoisotopic (exact) mass is 236 g/mol. The van der Waals surface area contributed by atoms with Crippen LogP contribution in [0, 0.1) is 0 Å². The number of hydrogen-bond acceptors (Lipinski definition) is 4. The summed E-state index contributed by atoms with van der Waals surface area (Å²) < 4.78 is 0. The van der Waals surface area contributed by atoms with Gasteiger partial charge in [-0.05, 0) is 0 Å². The fraction of sp³-hybridized carbons (Fsp3) is 0.250. The van der Waals surface area contributed by atoms with Gasteiger partial charge in [-0.2, -0.15) is 0 Å². The molecular weight excluding hydrogens is 224 g/mol. The minimum absolute atomic E-state index is 0.0131. The molecule has 0 fully saturated rings. The maximum absolute atomic E-state index is 11.6. The van der Waals surface area contributed by atoms with Gasteiger partial charge in [-0.1, -0.05) is 25.1 Å². The zero-order chi connectivity index (χ0) is 13.0. The van der Waals surface area contributed by atoms with Crippen LogP contribution in [0.3, 0.4) is 0 Å². The second-order valence-corrected chi connectivity index (χ2v) is 3.44. The first-order valence-electron chi connectivity index (χ1n) is 5.05. The van der Waals surface area contributed by atoms with Crippen LogP contribution in [0.15, 0.2) is 18.2 Å². The lowest BCUT2D eigenvalue weighted by Crippen LogP contribution is -2.17. The minimum atomic E-state index is -1.87. The van der Waals surface area contributed by atoms with E-state index in [4.69, 9.17) is 5.11 Å². The zero-order valence-corrected chi connectivity index (χ0v) is 9.21. The van der Waals surface area contributed by atoms with Crippen molar-refractivity contribution in [2.24, 2.45) is 0 Å². The van der Waals surface area contributed by atoms with Crippen LogP contribution in [0.25, 0.3) is 0 Å². The summed E-state index contributed by atoms with van der Waals surface area (Å²) in [4.78, 5) is 33.2. The molecular formula is C12H12O5. The number of aliphatic hydroxyl groups is 1. The number of carbonyl (C=O) groups is 3. The van der Waals surface area contributed by atoms with Gasteiger partial charge < -0.3 is 10.2 Å². The third-order valence-electron chi connectivity index (χ3n) is 2.40. The van der Waals surface area contributed by atoms with E-state index < -0.39 is 12.1 Å². The molecule has 0 amide bonds. The van der Waals surface area contributed by atoms with Gasteiger partial charge in [0.05, 0.1) is 0 Å². The first-order chi connectivity index (χ1) is 8.02. The molecule has 0 aliphatic rings. The number of ketones is 1. The average Bonchev–Trinajstić information content (AvgIpc) is 2.35. The topological polar surface area (TPSA) is 91.7 Å². The SMILES string of the molecule is CCC(=O)c1cccc(C=O)c1C(O)C(=O)O. The van der Waals surface area contributed by atoms with Crippen molar-refractivity contribution in [2.75, 3.05) is 0 Å². The van der Waals surface area contributed by atoms with Gasteiger partial charge in [0.2, 0.25) is 0 Å². The smallest absolute Gasteiger partial charge is 0.337 e. The van der Waals surface area contributed by atoms with Gasteiger partial charge >= 0.3 is 5.97 Å². The largest absolute Gasteiger partial charge is 0.479 e. The number of aliphatic hydroxyl groups excluding tert-OH is 1. The summed E-state index contributed by atoms with van der Waals surface area (Å²) in [6, 6.07) is 4.24. The molecule has 1 unspecified atom stereocenters. The zero-order valence-electron chi connectivity index (χ0n) is 9.21. The predicted octanol–water partition coefficient (Wildman–Crippen LogP) is 1.21. The molecule has 0 saturated heterocycles. The van der Waals surface area contributed by atoms with Gasteiger partial charge in [-0.15, -0.1) is 0 Å². The van der Waals surface area contributed by atoms with Crippen molar-refractivity contribution in [3.63, 3.8) is 0 Å². The summed E-state index contributed by atoms with van der Waals surface area (Å²) >= 11 is 0. The summed E-state index contributed by atoms with van der Waals surface area (Å²) in [5.41, 5.74) is -0.0481. The van der Waals surface area contributed by atoms with E-state index in [1.807, 2.05) is 0 Å². The molecule has 0 heterocycles. The van der Waals surface area contributed by atoms with Crippen LogP contribution in [0.2, 0.25) is 0 Å². The lowest BCUT2D eigenvalue weighted by molar-refractivity contribution is -0.146. The van der Waals surface area contributed by atoms with Crippen molar-refractivity contribution in [3.05, 3.63) is 34.9 Å². The number of Topliss-reactive ketones (excluding diaryl/α,β-unsaturated/α-hetero) is 1. The maximum Gasteiger partial charge on any atom is 0.337 e. The molecule has 1 aromatic rings. The molecule has 0 aliphatic carbocycles. The highest BCUT2D eigenvalue weighted by Crippen LogP contribution is 2.23. The highest BCUT2D eigenvalue weighted by atomic mass is 16.4. The first-order valence-corrected chi connectivity index (χ1v) is 5.05. The number of rotatable bonds is 5. The second kappa shape index (κ2) is 5.36. The van der Waals surface area contributed by atoms with Gasteiger partial charge in [0.25, 0.3) is 0 Å². The van der Waals surface area contributed by atoms with Crippen molar-refractivity contribution in [3.8, 4) is 0 Å². The van der Waals surface area contributed by atoms with E-state index in [0.29, 0.717) is 6.29 Å². The molecule has 0 radical (unpaired) electrons. The lowest BCUT2D eigenvalue weighted by Gasteiger charge is -2.13. The Kier molecular flexibility index (Phi) is 4.12. The lowest BCUT2D eigenvalue weighted by atomic mass is 9.93. The third-order valence-corrected chi connectivity index (χ3v) is 2.40. The molecule has 5 heteroatoms. The predicted molar refractivity (Wildman–Crippen MR) is 59.0 cm³/mol. The summed E-state index contributed by atoms with van der Waals surface area (Å²) in [6.45, 7) is 1.62. The van der Waals surface area contributed by atoms with Crippen molar-refractivity contribution >= 4 is 18.0 Å². The van der Waals surface area contributed by atoms with Gasteiger partial charge in [-0.25, -0.2) is 4.79 Å². The molecule has 0 aromatic heterocycles. The Balaban J connectivity index is 3.45. The van der Waals surface area contributed by atoms with Gasteiger partial charge in [0.1, 0.15) is 6.29 Å². The van der Waals surface area contributed by atoms with E-state index in [-0.39, 0.29) is 28.9 Å². The van der Waals surface area contributed by atoms with Crippen LogP contribution in [-0.4, -0.2) is 28.3 Å². The Labute approximate surface area is 97.7 Å². The van der Waals surface area contributed by atoms with Crippen molar-refractivity contribution in [1.82, 2.24) is 0 Å². The molecule has 1 atom stereocenters. The highest BCUT2D eigenvalue weighted by Gasteiger charge is 2.25. The molecule has 1 rings (SSSR count). The van der Waals surface area contributed by atoms with E-state index in [1.54, 1.807) is 6.92 Å². The number of carboxylic acid groups (broad SMARTS) is 1. The van der Waals surface area contributed by atoms with Crippen molar-refractivity contribution in [2.45, 2.75) is 19.4 Å².